The fraction of sp³-hybridized carbons (Fsp3) is 0.842. The smallest absolute Gasteiger partial charge is 0.192 e. The predicted molar refractivity (Wildman–Crippen MR) is 114 cm³/mol. The van der Waals surface area contributed by atoms with Crippen molar-refractivity contribution in [2.45, 2.75) is 90.3 Å². The summed E-state index contributed by atoms with van der Waals surface area (Å²) in [6, 6.07) is 0. The second kappa shape index (κ2) is 8.97. The summed E-state index contributed by atoms with van der Waals surface area (Å²) in [5.74, 6) is 0.0706. The van der Waals surface area contributed by atoms with Gasteiger partial charge in [0, 0.05) is 25.2 Å². The molecule has 25 heavy (non-hydrogen) atoms. The van der Waals surface area contributed by atoms with E-state index in [0.29, 0.717) is 13.0 Å². The maximum atomic E-state index is 8.87. The van der Waals surface area contributed by atoms with Crippen LogP contribution in [-0.2, 0) is 8.85 Å². The van der Waals surface area contributed by atoms with Gasteiger partial charge in [-0.3, -0.25) is 0 Å². The minimum absolute atomic E-state index is 0.0706. The highest BCUT2D eigenvalue weighted by atomic mass is 28.4. The third-order valence-corrected chi connectivity index (χ3v) is 14.9. The van der Waals surface area contributed by atoms with Crippen LogP contribution in [0.5, 0.6) is 0 Å². The Morgan fingerprint density at radius 1 is 1.00 bits per heavy atom. The molecule has 0 aromatic carbocycles. The average Bonchev–Trinajstić information content (AvgIpc) is 2.42. The molecule has 6 heteroatoms. The Kier molecular flexibility index (Phi) is 8.82. The van der Waals surface area contributed by atoms with Crippen molar-refractivity contribution in [3.63, 3.8) is 0 Å². The first-order chi connectivity index (χ1) is 11.1. The van der Waals surface area contributed by atoms with Gasteiger partial charge in [-0.25, -0.2) is 0 Å². The molecule has 0 radical (unpaired) electrons. The summed E-state index contributed by atoms with van der Waals surface area (Å²) in [5.41, 5.74) is 0. The second-order valence-electron chi connectivity index (χ2n) is 9.92. The van der Waals surface area contributed by atoms with Gasteiger partial charge in [0.15, 0.2) is 16.6 Å². The first-order valence-corrected chi connectivity index (χ1v) is 15.0. The van der Waals surface area contributed by atoms with Crippen LogP contribution in [-0.4, -0.2) is 40.8 Å². The maximum absolute atomic E-state index is 8.87. The van der Waals surface area contributed by atoms with E-state index in [1.165, 1.54) is 6.21 Å². The molecule has 0 unspecified atom stereocenters. The Labute approximate surface area is 157 Å². The Hall–Kier alpha value is -0.436. The van der Waals surface area contributed by atoms with Crippen LogP contribution in [0.4, 0.5) is 0 Å². The third kappa shape index (κ3) is 7.37. The summed E-state index contributed by atoms with van der Waals surface area (Å²) in [7, 11) is -3.78. The van der Waals surface area contributed by atoms with Gasteiger partial charge in [0.25, 0.3) is 0 Å². The number of nitrogens with zero attached hydrogens (tertiary/aromatic N) is 1. The molecular formula is C19H41NO3Si2. The molecule has 0 heterocycles. The van der Waals surface area contributed by atoms with Crippen LogP contribution in [0.15, 0.2) is 17.8 Å². The zero-order valence-electron chi connectivity index (χ0n) is 18.1. The lowest BCUT2D eigenvalue weighted by molar-refractivity contribution is 0.108. The highest BCUT2D eigenvalue weighted by molar-refractivity contribution is 6.74. The summed E-state index contributed by atoms with van der Waals surface area (Å²) >= 11 is 0. The van der Waals surface area contributed by atoms with E-state index in [4.69, 9.17) is 14.1 Å². The number of hydrogen-bond donors (Lipinski definition) is 1. The van der Waals surface area contributed by atoms with Gasteiger partial charge in [0.2, 0.25) is 0 Å². The molecule has 0 amide bonds. The molecule has 0 saturated carbocycles. The molecule has 1 N–H and O–H groups in total. The van der Waals surface area contributed by atoms with Crippen molar-refractivity contribution in [2.75, 3.05) is 6.61 Å². The topological polar surface area (TPSA) is 51.0 Å². The van der Waals surface area contributed by atoms with Crippen LogP contribution in [0.2, 0.25) is 36.3 Å². The van der Waals surface area contributed by atoms with Crippen LogP contribution in [0.1, 0.15) is 48.0 Å². The molecule has 0 rings (SSSR count). The van der Waals surface area contributed by atoms with Gasteiger partial charge in [-0.05, 0) is 36.3 Å². The molecular weight excluding hydrogens is 346 g/mol. The standard InChI is InChI=1S/C19H41NO3Si2/c1-12-16(15-22-24(8,9)18(2,3)4)17(13-14-20-21)23-25(10,11)19(5,6)7/h12,14,16-17,21H,1,13,15H2,2-11H3/b20-14+/t16-,17+/m1/s1. The molecule has 2 atom stereocenters. The van der Waals surface area contributed by atoms with Crippen molar-refractivity contribution in [2.24, 2.45) is 11.1 Å². The summed E-state index contributed by atoms with van der Waals surface area (Å²) < 4.78 is 13.0. The van der Waals surface area contributed by atoms with E-state index in [0.717, 1.165) is 0 Å². The van der Waals surface area contributed by atoms with Crippen LogP contribution in [0.25, 0.3) is 0 Å². The van der Waals surface area contributed by atoms with Gasteiger partial charge < -0.3 is 14.1 Å². The van der Waals surface area contributed by atoms with Crippen molar-refractivity contribution < 1.29 is 14.1 Å². The monoisotopic (exact) mass is 387 g/mol. The molecule has 0 aromatic heterocycles. The average molecular weight is 388 g/mol. The Morgan fingerprint density at radius 2 is 1.48 bits per heavy atom. The van der Waals surface area contributed by atoms with E-state index < -0.39 is 16.6 Å². The first kappa shape index (κ1) is 24.6. The van der Waals surface area contributed by atoms with Crippen molar-refractivity contribution in [1.82, 2.24) is 0 Å². The van der Waals surface area contributed by atoms with E-state index in [1.807, 2.05) is 6.08 Å². The van der Waals surface area contributed by atoms with Gasteiger partial charge in [0.1, 0.15) is 0 Å². The summed E-state index contributed by atoms with van der Waals surface area (Å²) in [4.78, 5) is 0. The van der Waals surface area contributed by atoms with Gasteiger partial charge in [0.05, 0.1) is 6.10 Å². The fourth-order valence-corrected chi connectivity index (χ4v) is 4.29. The van der Waals surface area contributed by atoms with Crippen LogP contribution >= 0.6 is 0 Å². The summed E-state index contributed by atoms with van der Waals surface area (Å²) in [6.45, 7) is 27.0. The molecule has 0 aliphatic rings. The zero-order chi connectivity index (χ0) is 20.1. The molecule has 0 fully saturated rings. The lowest BCUT2D eigenvalue weighted by Gasteiger charge is -2.42. The SMILES string of the molecule is C=C[C@H](CO[Si](C)(C)C(C)(C)C)[C@H](C/C=N/O)O[Si](C)(C)C(C)(C)C. The highest BCUT2D eigenvalue weighted by Gasteiger charge is 2.41. The molecule has 0 bridgehead atoms. The lowest BCUT2D eigenvalue weighted by atomic mass is 10.0. The van der Waals surface area contributed by atoms with E-state index >= 15 is 0 Å². The molecule has 0 aromatic rings. The van der Waals surface area contributed by atoms with Gasteiger partial charge in [-0.2, -0.15) is 0 Å². The van der Waals surface area contributed by atoms with Gasteiger partial charge in [-0.1, -0.05) is 47.6 Å². The van der Waals surface area contributed by atoms with Crippen molar-refractivity contribution in [1.29, 1.82) is 0 Å². The highest BCUT2D eigenvalue weighted by Crippen LogP contribution is 2.40. The van der Waals surface area contributed by atoms with E-state index in [2.05, 4.69) is 79.5 Å². The van der Waals surface area contributed by atoms with Crippen LogP contribution in [0, 0.1) is 5.92 Å². The quantitative estimate of drug-likeness (QED) is 0.172. The summed E-state index contributed by atoms with van der Waals surface area (Å²) in [6.07, 6.45) is 3.91. The lowest BCUT2D eigenvalue weighted by Crippen LogP contribution is -2.47. The van der Waals surface area contributed by atoms with Gasteiger partial charge in [-0.15, -0.1) is 11.7 Å². The van der Waals surface area contributed by atoms with Gasteiger partial charge >= 0.3 is 0 Å². The molecule has 0 aliphatic carbocycles. The third-order valence-electron chi connectivity index (χ3n) is 5.89. The molecule has 0 spiro atoms. The van der Waals surface area contributed by atoms with E-state index in [-0.39, 0.29) is 22.1 Å². The van der Waals surface area contributed by atoms with Crippen molar-refractivity contribution in [3.05, 3.63) is 12.7 Å². The normalized spacial score (nSPS) is 16.9. The first-order valence-electron chi connectivity index (χ1n) is 9.19. The maximum Gasteiger partial charge on any atom is 0.192 e. The Balaban J connectivity index is 5.31. The summed E-state index contributed by atoms with van der Waals surface area (Å²) in [5, 5.41) is 12.3. The Morgan fingerprint density at radius 3 is 1.84 bits per heavy atom. The second-order valence-corrected chi connectivity index (χ2v) is 19.5. The molecule has 0 aliphatic heterocycles. The van der Waals surface area contributed by atoms with Crippen molar-refractivity contribution in [3.8, 4) is 0 Å². The minimum Gasteiger partial charge on any atom is -0.416 e. The fourth-order valence-electron chi connectivity index (χ4n) is 1.86. The molecule has 0 saturated heterocycles. The Bertz CT molecular complexity index is 449. The minimum atomic E-state index is -1.94. The van der Waals surface area contributed by atoms with Crippen molar-refractivity contribution >= 4 is 22.8 Å². The number of hydrogen-bond acceptors (Lipinski definition) is 4. The van der Waals surface area contributed by atoms with E-state index in [9.17, 15) is 0 Å². The van der Waals surface area contributed by atoms with E-state index in [1.54, 1.807) is 0 Å². The predicted octanol–water partition coefficient (Wildman–Crippen LogP) is 6.05. The zero-order valence-corrected chi connectivity index (χ0v) is 20.1. The number of rotatable bonds is 9. The van der Waals surface area contributed by atoms with Crippen LogP contribution in [0.3, 0.4) is 0 Å². The number of oxime groups is 1. The largest absolute Gasteiger partial charge is 0.416 e. The molecule has 148 valence electrons. The molecule has 4 nitrogen and oxygen atoms in total. The van der Waals surface area contributed by atoms with Crippen LogP contribution < -0.4 is 0 Å².